The Labute approximate surface area is 140 Å². The fourth-order valence-electron chi connectivity index (χ4n) is 2.35. The molecule has 0 aliphatic carbocycles. The van der Waals surface area contributed by atoms with Gasteiger partial charge in [0.15, 0.2) is 0 Å². The molecule has 2 N–H and O–H groups in total. The van der Waals surface area contributed by atoms with Crippen LogP contribution in [0.5, 0.6) is 0 Å². The van der Waals surface area contributed by atoms with Gasteiger partial charge >= 0.3 is 5.97 Å². The second-order valence-corrected chi connectivity index (χ2v) is 5.70. The predicted molar refractivity (Wildman–Crippen MR) is 89.8 cm³/mol. The minimum atomic E-state index is -0.329. The molecular weight excluding hydrogens is 317 g/mol. The van der Waals surface area contributed by atoms with Crippen molar-refractivity contribution in [1.29, 1.82) is 0 Å². The van der Waals surface area contributed by atoms with Crippen molar-refractivity contribution in [1.82, 2.24) is 0 Å². The average molecular weight is 336 g/mol. The van der Waals surface area contributed by atoms with E-state index in [1.54, 1.807) is 6.92 Å². The molecule has 0 aliphatic rings. The van der Waals surface area contributed by atoms with Gasteiger partial charge in [-0.3, -0.25) is 4.79 Å². The van der Waals surface area contributed by atoms with E-state index in [4.69, 9.17) is 22.1 Å². The molecule has 0 amide bonds. The molecule has 0 unspecified atom stereocenters. The average Bonchev–Trinajstić information content (AvgIpc) is 2.50. The summed E-state index contributed by atoms with van der Waals surface area (Å²) in [5, 5.41) is 0.498. The van der Waals surface area contributed by atoms with E-state index >= 15 is 0 Å². The van der Waals surface area contributed by atoms with E-state index in [9.17, 15) is 9.18 Å². The molecule has 0 spiro atoms. The van der Waals surface area contributed by atoms with Crippen molar-refractivity contribution in [2.75, 3.05) is 6.61 Å². The van der Waals surface area contributed by atoms with Crippen LogP contribution < -0.4 is 5.73 Å². The first kappa shape index (κ1) is 17.4. The van der Waals surface area contributed by atoms with Gasteiger partial charge in [0.25, 0.3) is 0 Å². The quantitative estimate of drug-likeness (QED) is 0.813. The Morgan fingerprint density at radius 3 is 2.61 bits per heavy atom. The van der Waals surface area contributed by atoms with Gasteiger partial charge in [-0.2, -0.15) is 0 Å². The zero-order valence-corrected chi connectivity index (χ0v) is 13.6. The van der Waals surface area contributed by atoms with Crippen molar-refractivity contribution in [3.8, 4) is 11.1 Å². The Morgan fingerprint density at radius 1 is 1.26 bits per heavy atom. The van der Waals surface area contributed by atoms with E-state index in [0.717, 1.165) is 11.1 Å². The summed E-state index contributed by atoms with van der Waals surface area (Å²) in [5.74, 6) is -0.618. The molecule has 0 bridgehead atoms. The van der Waals surface area contributed by atoms with E-state index in [0.29, 0.717) is 23.6 Å². The second-order valence-electron chi connectivity index (χ2n) is 5.29. The number of esters is 1. The van der Waals surface area contributed by atoms with Gasteiger partial charge in [-0.05, 0) is 42.7 Å². The van der Waals surface area contributed by atoms with Crippen LogP contribution in [0, 0.1) is 5.82 Å². The third kappa shape index (κ3) is 5.05. The number of rotatable bonds is 6. The number of hydrogen-bond donors (Lipinski definition) is 1. The Bertz CT molecular complexity index is 673. The van der Waals surface area contributed by atoms with Crippen LogP contribution in [0.15, 0.2) is 42.5 Å². The molecule has 1 atom stereocenters. The van der Waals surface area contributed by atoms with Gasteiger partial charge in [0.2, 0.25) is 0 Å². The minimum absolute atomic E-state index is 0.186. The highest BCUT2D eigenvalue weighted by Crippen LogP contribution is 2.28. The number of nitrogens with two attached hydrogens (primary N) is 1. The maximum Gasteiger partial charge on any atom is 0.307 e. The summed E-state index contributed by atoms with van der Waals surface area (Å²) in [5.41, 5.74) is 8.43. The smallest absolute Gasteiger partial charge is 0.307 e. The van der Waals surface area contributed by atoms with Crippen molar-refractivity contribution in [3.05, 3.63) is 58.9 Å². The molecular formula is C18H19ClFNO2. The monoisotopic (exact) mass is 335 g/mol. The van der Waals surface area contributed by atoms with Crippen LogP contribution in [0.2, 0.25) is 5.02 Å². The molecule has 2 aromatic carbocycles. The summed E-state index contributed by atoms with van der Waals surface area (Å²) in [4.78, 5) is 11.4. The number of halogens is 2. The zero-order valence-electron chi connectivity index (χ0n) is 12.9. The van der Waals surface area contributed by atoms with E-state index < -0.39 is 0 Å². The normalized spacial score (nSPS) is 12.0. The summed E-state index contributed by atoms with van der Waals surface area (Å²) >= 11 is 6.10. The molecule has 0 saturated heterocycles. The van der Waals surface area contributed by atoms with Gasteiger partial charge in [0.1, 0.15) is 5.82 Å². The van der Waals surface area contributed by atoms with Crippen molar-refractivity contribution in [2.45, 2.75) is 25.8 Å². The molecule has 0 fully saturated rings. The molecule has 0 aliphatic heterocycles. The van der Waals surface area contributed by atoms with Crippen LogP contribution in [0.1, 0.15) is 18.9 Å². The first-order valence-electron chi connectivity index (χ1n) is 7.45. The van der Waals surface area contributed by atoms with Gasteiger partial charge < -0.3 is 10.5 Å². The number of benzene rings is 2. The molecule has 2 aromatic rings. The van der Waals surface area contributed by atoms with Crippen LogP contribution >= 0.6 is 11.6 Å². The number of carbonyl (C=O) groups is 1. The van der Waals surface area contributed by atoms with E-state index in [1.807, 2.05) is 24.3 Å². The van der Waals surface area contributed by atoms with Gasteiger partial charge in [0.05, 0.1) is 13.0 Å². The lowest BCUT2D eigenvalue weighted by molar-refractivity contribution is -0.143. The SMILES string of the molecule is CCOC(=O)C[C@H](N)Cc1ccc(-c2cc(F)ccc2Cl)cc1. The molecule has 23 heavy (non-hydrogen) atoms. The second kappa shape index (κ2) is 8.09. The van der Waals surface area contributed by atoms with Crippen LogP contribution in [0.25, 0.3) is 11.1 Å². The van der Waals surface area contributed by atoms with Gasteiger partial charge in [-0.1, -0.05) is 35.9 Å². The Kier molecular flexibility index (Phi) is 6.13. The number of carbonyl (C=O) groups excluding carboxylic acids is 1. The first-order valence-corrected chi connectivity index (χ1v) is 7.83. The van der Waals surface area contributed by atoms with Crippen LogP contribution in [-0.4, -0.2) is 18.6 Å². The Morgan fingerprint density at radius 2 is 1.96 bits per heavy atom. The van der Waals surface area contributed by atoms with Crippen LogP contribution in [0.3, 0.4) is 0 Å². The molecule has 122 valence electrons. The maximum atomic E-state index is 13.3. The third-order valence-electron chi connectivity index (χ3n) is 3.43. The fourth-order valence-corrected chi connectivity index (χ4v) is 2.57. The summed E-state index contributed by atoms with van der Waals surface area (Å²) < 4.78 is 18.2. The van der Waals surface area contributed by atoms with E-state index in [1.165, 1.54) is 18.2 Å². The van der Waals surface area contributed by atoms with Gasteiger partial charge in [0, 0.05) is 16.6 Å². The van der Waals surface area contributed by atoms with Crippen LogP contribution in [0.4, 0.5) is 4.39 Å². The summed E-state index contributed by atoms with van der Waals surface area (Å²) in [6.45, 7) is 2.12. The van der Waals surface area contributed by atoms with Crippen molar-refractivity contribution < 1.29 is 13.9 Å². The molecule has 0 aromatic heterocycles. The van der Waals surface area contributed by atoms with Gasteiger partial charge in [-0.15, -0.1) is 0 Å². The van der Waals surface area contributed by atoms with Crippen molar-refractivity contribution >= 4 is 17.6 Å². The Balaban J connectivity index is 2.05. The van der Waals surface area contributed by atoms with Crippen LogP contribution in [-0.2, 0) is 16.0 Å². The zero-order chi connectivity index (χ0) is 16.8. The van der Waals surface area contributed by atoms with E-state index in [2.05, 4.69) is 0 Å². The van der Waals surface area contributed by atoms with Crippen molar-refractivity contribution in [3.63, 3.8) is 0 Å². The Hall–Kier alpha value is -1.91. The largest absolute Gasteiger partial charge is 0.466 e. The molecule has 0 heterocycles. The third-order valence-corrected chi connectivity index (χ3v) is 3.76. The highest BCUT2D eigenvalue weighted by molar-refractivity contribution is 6.33. The highest BCUT2D eigenvalue weighted by atomic mass is 35.5. The molecule has 3 nitrogen and oxygen atoms in total. The van der Waals surface area contributed by atoms with E-state index in [-0.39, 0.29) is 24.2 Å². The molecule has 0 saturated carbocycles. The molecule has 5 heteroatoms. The maximum absolute atomic E-state index is 13.3. The standard InChI is InChI=1S/C18H19ClFNO2/c1-2-23-18(22)11-15(21)9-12-3-5-13(6-4-12)16-10-14(20)7-8-17(16)19/h3-8,10,15H,2,9,11,21H2,1H3/t15-/m1/s1. The summed E-state index contributed by atoms with van der Waals surface area (Å²) in [6, 6.07) is 11.5. The fraction of sp³-hybridized carbons (Fsp3) is 0.278. The predicted octanol–water partition coefficient (Wildman–Crippen LogP) is 3.97. The lowest BCUT2D eigenvalue weighted by Crippen LogP contribution is -2.27. The summed E-state index contributed by atoms with van der Waals surface area (Å²) in [6.07, 6.45) is 0.751. The first-order chi connectivity index (χ1) is 11.0. The lowest BCUT2D eigenvalue weighted by Gasteiger charge is -2.12. The lowest BCUT2D eigenvalue weighted by atomic mass is 10.00. The van der Waals surface area contributed by atoms with Gasteiger partial charge in [-0.25, -0.2) is 4.39 Å². The highest BCUT2D eigenvalue weighted by Gasteiger charge is 2.11. The minimum Gasteiger partial charge on any atom is -0.466 e. The molecule has 0 radical (unpaired) electrons. The summed E-state index contributed by atoms with van der Waals surface area (Å²) in [7, 11) is 0. The number of ether oxygens (including phenoxy) is 1. The molecule has 2 rings (SSSR count). The van der Waals surface area contributed by atoms with Crippen molar-refractivity contribution in [2.24, 2.45) is 5.73 Å². The topological polar surface area (TPSA) is 52.3 Å². The number of hydrogen-bond acceptors (Lipinski definition) is 3.